The van der Waals surface area contributed by atoms with E-state index in [-0.39, 0.29) is 10.9 Å². The molecule has 0 aliphatic carbocycles. The first-order chi connectivity index (χ1) is 16.5. The van der Waals surface area contributed by atoms with Gasteiger partial charge in [0.05, 0.1) is 17.0 Å². The maximum atomic E-state index is 13.4. The Morgan fingerprint density at radius 2 is 1.15 bits per heavy atom. The number of nitrogens with one attached hydrogen (secondary N) is 2. The first-order valence-electron chi connectivity index (χ1n) is 11.5. The van der Waals surface area contributed by atoms with Crippen LogP contribution >= 0.6 is 0 Å². The molecule has 0 saturated carbocycles. The summed E-state index contributed by atoms with van der Waals surface area (Å²) in [6, 6.07) is 36.2. The molecule has 0 fully saturated rings. The fourth-order valence-electron chi connectivity index (χ4n) is 4.05. The van der Waals surface area contributed by atoms with Crippen LogP contribution in [0.1, 0.15) is 34.3 Å². The molecule has 0 aliphatic rings. The predicted octanol–water partition coefficient (Wildman–Crippen LogP) is 5.59. The van der Waals surface area contributed by atoms with Gasteiger partial charge in [0.15, 0.2) is 0 Å². The van der Waals surface area contributed by atoms with Crippen LogP contribution in [-0.4, -0.2) is 15.0 Å². The first-order valence-corrected chi connectivity index (χ1v) is 13.0. The van der Waals surface area contributed by atoms with Gasteiger partial charge in [0, 0.05) is 0 Å². The maximum Gasteiger partial charge on any atom is 0.241 e. The third kappa shape index (κ3) is 6.20. The van der Waals surface area contributed by atoms with Gasteiger partial charge >= 0.3 is 0 Å². The molecule has 0 bridgehead atoms. The van der Waals surface area contributed by atoms with Crippen LogP contribution in [0.4, 0.5) is 0 Å². The topological polar surface area (TPSA) is 58.2 Å². The van der Waals surface area contributed by atoms with Crippen molar-refractivity contribution in [3.05, 3.63) is 138 Å². The lowest BCUT2D eigenvalue weighted by molar-refractivity contribution is 0.425. The van der Waals surface area contributed by atoms with Crippen molar-refractivity contribution in [2.45, 2.75) is 30.3 Å². The van der Waals surface area contributed by atoms with E-state index < -0.39 is 16.1 Å². The lowest BCUT2D eigenvalue weighted by Crippen LogP contribution is -2.39. The van der Waals surface area contributed by atoms with E-state index in [1.807, 2.05) is 97.9 Å². The Kier molecular flexibility index (Phi) is 7.91. The molecule has 0 aliphatic heterocycles. The van der Waals surface area contributed by atoms with Gasteiger partial charge in [-0.25, -0.2) is 13.1 Å². The fraction of sp³-hybridized carbons (Fsp3) is 0.172. The summed E-state index contributed by atoms with van der Waals surface area (Å²) < 4.78 is 29.8. The minimum Gasteiger partial charge on any atom is -0.308 e. The molecular formula is C29H30N2O2S. The predicted molar refractivity (Wildman–Crippen MR) is 138 cm³/mol. The van der Waals surface area contributed by atoms with Gasteiger partial charge in [-0.3, -0.25) is 0 Å². The molecule has 2 atom stereocenters. The van der Waals surface area contributed by atoms with Crippen LogP contribution in [0.5, 0.6) is 0 Å². The van der Waals surface area contributed by atoms with Crippen LogP contribution in [0.25, 0.3) is 0 Å². The zero-order valence-electron chi connectivity index (χ0n) is 19.3. The highest BCUT2D eigenvalue weighted by molar-refractivity contribution is 7.89. The standard InChI is InChI=1S/C29H30N2O2S/c1-23-17-19-27(20-18-23)34(32,33)31-29(26-15-9-4-10-16-26)28(25-13-7-3-8-14-25)30-22-21-24-11-5-2-6-12-24/h2-20,28-31H,21-22H2,1H3. The highest BCUT2D eigenvalue weighted by Crippen LogP contribution is 2.31. The SMILES string of the molecule is Cc1ccc(S(=O)(=O)NC(c2ccccc2)C(NCCc2ccccc2)c2ccccc2)cc1. The van der Waals surface area contributed by atoms with Crippen molar-refractivity contribution < 1.29 is 8.42 Å². The Labute approximate surface area is 202 Å². The van der Waals surface area contributed by atoms with Gasteiger partial charge in [0.25, 0.3) is 0 Å². The number of hydrogen-bond acceptors (Lipinski definition) is 3. The zero-order chi connectivity index (χ0) is 23.8. The van der Waals surface area contributed by atoms with Crippen molar-refractivity contribution in [1.29, 1.82) is 0 Å². The van der Waals surface area contributed by atoms with E-state index in [4.69, 9.17) is 0 Å². The summed E-state index contributed by atoms with van der Waals surface area (Å²) in [5, 5.41) is 3.64. The van der Waals surface area contributed by atoms with Crippen LogP contribution in [0.2, 0.25) is 0 Å². The average molecular weight is 471 g/mol. The molecule has 0 spiro atoms. The molecule has 4 aromatic carbocycles. The van der Waals surface area contributed by atoms with E-state index in [9.17, 15) is 8.42 Å². The summed E-state index contributed by atoms with van der Waals surface area (Å²) >= 11 is 0. The fourth-order valence-corrected chi connectivity index (χ4v) is 5.28. The van der Waals surface area contributed by atoms with Crippen molar-refractivity contribution >= 4 is 10.0 Å². The molecular weight excluding hydrogens is 440 g/mol. The van der Waals surface area contributed by atoms with Crippen molar-refractivity contribution in [1.82, 2.24) is 10.0 Å². The van der Waals surface area contributed by atoms with Gasteiger partial charge in [-0.2, -0.15) is 0 Å². The van der Waals surface area contributed by atoms with Crippen LogP contribution in [0.15, 0.2) is 120 Å². The Hall–Kier alpha value is -3.25. The molecule has 4 rings (SSSR count). The van der Waals surface area contributed by atoms with Crippen molar-refractivity contribution in [2.24, 2.45) is 0 Å². The highest BCUT2D eigenvalue weighted by atomic mass is 32.2. The van der Waals surface area contributed by atoms with Crippen molar-refractivity contribution in [2.75, 3.05) is 6.54 Å². The summed E-state index contributed by atoms with van der Waals surface area (Å²) in [5.41, 5.74) is 4.18. The molecule has 0 aromatic heterocycles. The molecule has 174 valence electrons. The summed E-state index contributed by atoms with van der Waals surface area (Å²) in [4.78, 5) is 0.259. The zero-order valence-corrected chi connectivity index (χ0v) is 20.1. The normalized spacial score (nSPS) is 13.3. The second kappa shape index (κ2) is 11.3. The van der Waals surface area contributed by atoms with Crippen molar-refractivity contribution in [3.63, 3.8) is 0 Å². The maximum absolute atomic E-state index is 13.4. The molecule has 34 heavy (non-hydrogen) atoms. The van der Waals surface area contributed by atoms with E-state index in [1.165, 1.54) is 5.56 Å². The van der Waals surface area contributed by atoms with Gasteiger partial charge in [0.2, 0.25) is 10.0 Å². The van der Waals surface area contributed by atoms with E-state index >= 15 is 0 Å². The molecule has 4 aromatic rings. The number of sulfonamides is 1. The number of rotatable bonds is 10. The van der Waals surface area contributed by atoms with Gasteiger partial charge in [-0.15, -0.1) is 0 Å². The molecule has 0 saturated heterocycles. The molecule has 2 N–H and O–H groups in total. The van der Waals surface area contributed by atoms with Gasteiger partial charge in [-0.05, 0) is 48.7 Å². The summed E-state index contributed by atoms with van der Waals surface area (Å²) in [6.45, 7) is 2.65. The van der Waals surface area contributed by atoms with Gasteiger partial charge < -0.3 is 5.32 Å². The van der Waals surface area contributed by atoms with Crippen LogP contribution in [0, 0.1) is 6.92 Å². The monoisotopic (exact) mass is 470 g/mol. The minimum absolute atomic E-state index is 0.257. The van der Waals surface area contributed by atoms with E-state index in [2.05, 4.69) is 22.2 Å². The second-order valence-corrected chi connectivity index (χ2v) is 10.1. The van der Waals surface area contributed by atoms with Crippen LogP contribution in [0.3, 0.4) is 0 Å². The number of benzene rings is 4. The highest BCUT2D eigenvalue weighted by Gasteiger charge is 2.29. The summed E-state index contributed by atoms with van der Waals surface area (Å²) in [7, 11) is -3.74. The lowest BCUT2D eigenvalue weighted by atomic mass is 9.94. The van der Waals surface area contributed by atoms with Gasteiger partial charge in [-0.1, -0.05) is 109 Å². The van der Waals surface area contributed by atoms with Crippen LogP contribution in [-0.2, 0) is 16.4 Å². The Balaban J connectivity index is 1.67. The smallest absolute Gasteiger partial charge is 0.241 e. The van der Waals surface area contributed by atoms with E-state index in [0.717, 1.165) is 23.1 Å². The van der Waals surface area contributed by atoms with E-state index in [0.29, 0.717) is 6.54 Å². The van der Waals surface area contributed by atoms with Gasteiger partial charge in [0.1, 0.15) is 0 Å². The molecule has 2 unspecified atom stereocenters. The minimum atomic E-state index is -3.74. The quantitative estimate of drug-likeness (QED) is 0.318. The summed E-state index contributed by atoms with van der Waals surface area (Å²) in [5.74, 6) is 0. The Morgan fingerprint density at radius 1 is 0.647 bits per heavy atom. The number of aryl methyl sites for hydroxylation is 1. The third-order valence-electron chi connectivity index (χ3n) is 5.88. The van der Waals surface area contributed by atoms with E-state index in [1.54, 1.807) is 12.1 Å². The lowest BCUT2D eigenvalue weighted by Gasteiger charge is -2.30. The molecule has 4 nitrogen and oxygen atoms in total. The summed E-state index contributed by atoms with van der Waals surface area (Å²) in [6.07, 6.45) is 0.844. The molecule has 5 heteroatoms. The molecule has 0 heterocycles. The Bertz CT molecular complexity index is 1260. The van der Waals surface area contributed by atoms with Crippen molar-refractivity contribution in [3.8, 4) is 0 Å². The number of hydrogen-bond donors (Lipinski definition) is 2. The first kappa shape index (κ1) is 23.9. The van der Waals surface area contributed by atoms with Crippen LogP contribution < -0.4 is 10.0 Å². The largest absolute Gasteiger partial charge is 0.308 e. The third-order valence-corrected chi connectivity index (χ3v) is 7.34. The average Bonchev–Trinajstić information content (AvgIpc) is 2.87. The second-order valence-electron chi connectivity index (χ2n) is 8.40. The molecule has 0 amide bonds. The molecule has 0 radical (unpaired) electrons. The Morgan fingerprint density at radius 3 is 1.71 bits per heavy atom.